The Morgan fingerprint density at radius 2 is 2.23 bits per heavy atom. The standard InChI is InChI=1S/C9H11N3O/c10-4-6-1-2-9(13)7(3-6)8(12)5-11/h1-3,8,13H,5,11-12H2/t8-/m1/s1. The summed E-state index contributed by atoms with van der Waals surface area (Å²) in [5.41, 5.74) is 12.0. The van der Waals surface area contributed by atoms with Gasteiger partial charge in [0.05, 0.1) is 11.6 Å². The first-order chi connectivity index (χ1) is 6.19. The smallest absolute Gasteiger partial charge is 0.120 e. The zero-order valence-corrected chi connectivity index (χ0v) is 7.07. The van der Waals surface area contributed by atoms with Crippen LogP contribution in [-0.4, -0.2) is 11.7 Å². The van der Waals surface area contributed by atoms with Crippen molar-refractivity contribution in [3.8, 4) is 11.8 Å². The lowest BCUT2D eigenvalue weighted by molar-refractivity contribution is 0.462. The minimum Gasteiger partial charge on any atom is -0.508 e. The molecule has 4 heteroatoms. The Labute approximate surface area is 76.4 Å². The van der Waals surface area contributed by atoms with Gasteiger partial charge in [0, 0.05) is 18.2 Å². The summed E-state index contributed by atoms with van der Waals surface area (Å²) in [4.78, 5) is 0. The first kappa shape index (κ1) is 9.52. The molecule has 0 aliphatic carbocycles. The van der Waals surface area contributed by atoms with Crippen LogP contribution in [-0.2, 0) is 0 Å². The number of hydrogen-bond acceptors (Lipinski definition) is 4. The van der Waals surface area contributed by atoms with Gasteiger partial charge in [-0.05, 0) is 18.2 Å². The predicted octanol–water partition coefficient (Wildman–Crippen LogP) is 0.222. The number of aromatic hydroxyl groups is 1. The van der Waals surface area contributed by atoms with E-state index in [4.69, 9.17) is 16.7 Å². The van der Waals surface area contributed by atoms with Gasteiger partial charge >= 0.3 is 0 Å². The topological polar surface area (TPSA) is 96.1 Å². The van der Waals surface area contributed by atoms with Crippen molar-refractivity contribution in [2.75, 3.05) is 6.54 Å². The minimum atomic E-state index is -0.423. The summed E-state index contributed by atoms with van der Waals surface area (Å²) in [5, 5.41) is 18.0. The molecule has 1 atom stereocenters. The third kappa shape index (κ3) is 1.96. The van der Waals surface area contributed by atoms with Crippen LogP contribution in [0.25, 0.3) is 0 Å². The number of nitrogens with two attached hydrogens (primary N) is 2. The molecule has 0 heterocycles. The van der Waals surface area contributed by atoms with Crippen LogP contribution in [0.4, 0.5) is 0 Å². The Hall–Kier alpha value is -1.57. The number of phenolic OH excluding ortho intramolecular Hbond substituents is 1. The molecule has 1 aromatic rings. The summed E-state index contributed by atoms with van der Waals surface area (Å²) in [6, 6.07) is 6.07. The Balaban J connectivity index is 3.12. The molecule has 68 valence electrons. The molecular weight excluding hydrogens is 166 g/mol. The third-order valence-electron chi connectivity index (χ3n) is 1.81. The maximum absolute atomic E-state index is 9.39. The maximum atomic E-state index is 9.39. The monoisotopic (exact) mass is 177 g/mol. The number of benzene rings is 1. The number of hydrogen-bond donors (Lipinski definition) is 3. The second-order valence-corrected chi connectivity index (χ2v) is 2.73. The average molecular weight is 177 g/mol. The predicted molar refractivity (Wildman–Crippen MR) is 48.8 cm³/mol. The first-order valence-electron chi connectivity index (χ1n) is 3.87. The fourth-order valence-electron chi connectivity index (χ4n) is 1.05. The second-order valence-electron chi connectivity index (χ2n) is 2.73. The molecule has 0 amide bonds. The van der Waals surface area contributed by atoms with Gasteiger partial charge in [0.15, 0.2) is 0 Å². The van der Waals surface area contributed by atoms with Gasteiger partial charge in [0.1, 0.15) is 5.75 Å². The van der Waals surface area contributed by atoms with Crippen LogP contribution in [0.1, 0.15) is 17.2 Å². The van der Waals surface area contributed by atoms with Crippen molar-refractivity contribution in [1.82, 2.24) is 0 Å². The van der Waals surface area contributed by atoms with E-state index in [2.05, 4.69) is 0 Å². The summed E-state index contributed by atoms with van der Waals surface area (Å²) >= 11 is 0. The highest BCUT2D eigenvalue weighted by atomic mass is 16.3. The normalized spacial score (nSPS) is 12.1. The van der Waals surface area contributed by atoms with Gasteiger partial charge in [0.25, 0.3) is 0 Å². The van der Waals surface area contributed by atoms with Crippen LogP contribution in [0.15, 0.2) is 18.2 Å². The first-order valence-corrected chi connectivity index (χ1v) is 3.87. The molecular formula is C9H11N3O. The van der Waals surface area contributed by atoms with Crippen LogP contribution in [0.2, 0.25) is 0 Å². The number of phenols is 1. The van der Waals surface area contributed by atoms with E-state index < -0.39 is 6.04 Å². The van der Waals surface area contributed by atoms with Gasteiger partial charge in [-0.3, -0.25) is 0 Å². The highest BCUT2D eigenvalue weighted by Crippen LogP contribution is 2.22. The van der Waals surface area contributed by atoms with Crippen LogP contribution in [0, 0.1) is 11.3 Å². The molecule has 1 rings (SSSR count). The average Bonchev–Trinajstić information content (AvgIpc) is 2.17. The summed E-state index contributed by atoms with van der Waals surface area (Å²) in [6.45, 7) is 0.239. The largest absolute Gasteiger partial charge is 0.508 e. The van der Waals surface area contributed by atoms with Crippen LogP contribution < -0.4 is 11.5 Å². The Morgan fingerprint density at radius 3 is 2.77 bits per heavy atom. The summed E-state index contributed by atoms with van der Waals surface area (Å²) in [6.07, 6.45) is 0. The van der Waals surface area contributed by atoms with Gasteiger partial charge in [0.2, 0.25) is 0 Å². The van der Waals surface area contributed by atoms with Crippen LogP contribution in [0.5, 0.6) is 5.75 Å². The van der Waals surface area contributed by atoms with E-state index in [1.165, 1.54) is 12.1 Å². The van der Waals surface area contributed by atoms with E-state index in [9.17, 15) is 5.11 Å². The molecule has 0 saturated carbocycles. The van der Waals surface area contributed by atoms with Crippen LogP contribution >= 0.6 is 0 Å². The summed E-state index contributed by atoms with van der Waals surface area (Å²) in [5.74, 6) is 0.0805. The molecule has 13 heavy (non-hydrogen) atoms. The second kappa shape index (κ2) is 3.90. The number of nitriles is 1. The van der Waals surface area contributed by atoms with Crippen molar-refractivity contribution in [1.29, 1.82) is 5.26 Å². The lowest BCUT2D eigenvalue weighted by atomic mass is 10.0. The number of rotatable bonds is 2. The lowest BCUT2D eigenvalue weighted by Gasteiger charge is -2.10. The molecule has 5 N–H and O–H groups in total. The molecule has 0 fully saturated rings. The fraction of sp³-hybridized carbons (Fsp3) is 0.222. The summed E-state index contributed by atoms with van der Waals surface area (Å²) < 4.78 is 0. The molecule has 4 nitrogen and oxygen atoms in total. The molecule has 0 aliphatic heterocycles. The molecule has 1 aromatic carbocycles. The zero-order valence-electron chi connectivity index (χ0n) is 7.07. The van der Waals surface area contributed by atoms with E-state index in [1.54, 1.807) is 6.07 Å². The van der Waals surface area contributed by atoms with Crippen molar-refractivity contribution >= 4 is 0 Å². The molecule has 0 radical (unpaired) electrons. The Morgan fingerprint density at radius 1 is 1.54 bits per heavy atom. The quantitative estimate of drug-likeness (QED) is 0.602. The highest BCUT2D eigenvalue weighted by molar-refractivity contribution is 5.42. The van der Waals surface area contributed by atoms with E-state index in [0.717, 1.165) is 0 Å². The fourth-order valence-corrected chi connectivity index (χ4v) is 1.05. The van der Waals surface area contributed by atoms with Gasteiger partial charge in [-0.1, -0.05) is 0 Å². The van der Waals surface area contributed by atoms with Crippen LogP contribution in [0.3, 0.4) is 0 Å². The molecule has 0 spiro atoms. The SMILES string of the molecule is N#Cc1ccc(O)c([C@H](N)CN)c1. The Kier molecular flexibility index (Phi) is 2.85. The van der Waals surface area contributed by atoms with Gasteiger partial charge in [-0.25, -0.2) is 0 Å². The number of nitrogens with zero attached hydrogens (tertiary/aromatic N) is 1. The Bertz CT molecular complexity index is 343. The zero-order chi connectivity index (χ0) is 9.84. The van der Waals surface area contributed by atoms with Crippen molar-refractivity contribution in [2.24, 2.45) is 11.5 Å². The van der Waals surface area contributed by atoms with Crippen molar-refractivity contribution in [3.05, 3.63) is 29.3 Å². The van der Waals surface area contributed by atoms with Gasteiger partial charge in [-0.2, -0.15) is 5.26 Å². The van der Waals surface area contributed by atoms with Gasteiger partial charge < -0.3 is 16.6 Å². The van der Waals surface area contributed by atoms with E-state index in [-0.39, 0.29) is 12.3 Å². The van der Waals surface area contributed by atoms with E-state index in [0.29, 0.717) is 11.1 Å². The molecule has 0 aromatic heterocycles. The maximum Gasteiger partial charge on any atom is 0.120 e. The highest BCUT2D eigenvalue weighted by Gasteiger charge is 2.09. The van der Waals surface area contributed by atoms with Crippen molar-refractivity contribution < 1.29 is 5.11 Å². The van der Waals surface area contributed by atoms with Crippen molar-refractivity contribution in [3.63, 3.8) is 0 Å². The van der Waals surface area contributed by atoms with Crippen molar-refractivity contribution in [2.45, 2.75) is 6.04 Å². The molecule has 0 unspecified atom stereocenters. The molecule has 0 saturated heterocycles. The van der Waals surface area contributed by atoms with E-state index >= 15 is 0 Å². The summed E-state index contributed by atoms with van der Waals surface area (Å²) in [7, 11) is 0. The molecule has 0 aliphatic rings. The lowest BCUT2D eigenvalue weighted by Crippen LogP contribution is -2.20. The molecule has 0 bridgehead atoms. The van der Waals surface area contributed by atoms with E-state index in [1.807, 2.05) is 6.07 Å². The van der Waals surface area contributed by atoms with Gasteiger partial charge in [-0.15, -0.1) is 0 Å². The third-order valence-corrected chi connectivity index (χ3v) is 1.81. The minimum absolute atomic E-state index is 0.0805.